The van der Waals surface area contributed by atoms with Crippen molar-refractivity contribution in [2.24, 2.45) is 0 Å². The van der Waals surface area contributed by atoms with Crippen molar-refractivity contribution in [3.05, 3.63) is 101 Å². The van der Waals surface area contributed by atoms with Crippen LogP contribution in [-0.2, 0) is 9.47 Å². The molecule has 200 valence electrons. The van der Waals surface area contributed by atoms with Gasteiger partial charge in [-0.15, -0.1) is 0 Å². The molecule has 1 N–H and O–H groups in total. The maximum atomic E-state index is 11.8. The average molecular weight is 564 g/mol. The molecule has 0 saturated carbocycles. The smallest absolute Gasteiger partial charge is 0.337 e. The number of aromatic nitrogens is 1. The molecule has 1 saturated heterocycles. The molecule has 0 amide bonds. The minimum absolute atomic E-state index is 0.282. The monoisotopic (exact) mass is 563 g/mol. The summed E-state index contributed by atoms with van der Waals surface area (Å²) in [6.45, 7) is 0.845. The molecule has 5 rings (SSSR count). The lowest BCUT2D eigenvalue weighted by Crippen LogP contribution is -2.29. The quantitative estimate of drug-likeness (QED) is 0.150. The van der Waals surface area contributed by atoms with Crippen molar-refractivity contribution in [2.45, 2.75) is 12.1 Å². The molecule has 1 aliphatic rings. The average Bonchev–Trinajstić information content (AvgIpc) is 3.59. The van der Waals surface area contributed by atoms with Gasteiger partial charge in [0, 0.05) is 24.6 Å². The first-order chi connectivity index (χ1) is 19.0. The Morgan fingerprint density at radius 3 is 2.59 bits per heavy atom. The number of carbonyl (C=O) groups excluding carboxylic acids is 1. The molecule has 0 spiro atoms. The molecule has 3 heterocycles. The number of rotatable bonds is 9. The largest absolute Gasteiger partial charge is 0.490 e. The normalized spacial score (nSPS) is 16.7. The van der Waals surface area contributed by atoms with Gasteiger partial charge in [0.2, 0.25) is 0 Å². The van der Waals surface area contributed by atoms with Gasteiger partial charge in [0.1, 0.15) is 29.9 Å². The SMILES string of the molecule is COCCOc1ccc(N2C(=S)N[C@H](c3ccccn3)[C@@H]2c2ccc(-c3ccc(C(=O)OC)cc3)o2)cc1Cl. The Morgan fingerprint density at radius 1 is 1.08 bits per heavy atom. The van der Waals surface area contributed by atoms with Gasteiger partial charge in [-0.1, -0.05) is 29.8 Å². The Balaban J connectivity index is 1.50. The van der Waals surface area contributed by atoms with Crippen molar-refractivity contribution >= 4 is 40.6 Å². The highest BCUT2D eigenvalue weighted by molar-refractivity contribution is 7.80. The number of nitrogens with zero attached hydrogens (tertiary/aromatic N) is 2. The minimum atomic E-state index is -0.394. The number of benzene rings is 2. The molecular formula is C29H26ClN3O5S. The van der Waals surface area contributed by atoms with Crippen molar-refractivity contribution in [3.8, 4) is 17.1 Å². The maximum Gasteiger partial charge on any atom is 0.337 e. The number of nitrogens with one attached hydrogen (secondary N) is 1. The first-order valence-corrected chi connectivity index (χ1v) is 13.0. The molecule has 8 nitrogen and oxygen atoms in total. The summed E-state index contributed by atoms with van der Waals surface area (Å²) >= 11 is 12.4. The molecule has 0 bridgehead atoms. The molecule has 39 heavy (non-hydrogen) atoms. The Labute approximate surface area is 236 Å². The summed E-state index contributed by atoms with van der Waals surface area (Å²) in [4.78, 5) is 18.4. The second kappa shape index (κ2) is 11.9. The van der Waals surface area contributed by atoms with Crippen LogP contribution in [0.25, 0.3) is 11.3 Å². The van der Waals surface area contributed by atoms with Crippen LogP contribution in [0.2, 0.25) is 5.02 Å². The number of pyridine rings is 1. The number of ether oxygens (including phenoxy) is 3. The molecule has 1 aliphatic heterocycles. The summed E-state index contributed by atoms with van der Waals surface area (Å²) in [6, 6.07) is 21.5. The van der Waals surface area contributed by atoms with E-state index in [0.29, 0.717) is 46.2 Å². The first-order valence-electron chi connectivity index (χ1n) is 12.2. The second-order valence-electron chi connectivity index (χ2n) is 8.72. The van der Waals surface area contributed by atoms with E-state index in [0.717, 1.165) is 16.9 Å². The van der Waals surface area contributed by atoms with Crippen LogP contribution in [0.15, 0.2) is 83.4 Å². The van der Waals surface area contributed by atoms with Gasteiger partial charge in [-0.2, -0.15) is 0 Å². The number of hydrogen-bond acceptors (Lipinski definition) is 7. The molecule has 4 aromatic rings. The number of hydrogen-bond donors (Lipinski definition) is 1. The Bertz CT molecular complexity index is 1460. The number of thiocarbonyl (C=S) groups is 1. The van der Waals surface area contributed by atoms with Crippen LogP contribution < -0.4 is 15.0 Å². The summed E-state index contributed by atoms with van der Waals surface area (Å²) in [5, 5.41) is 4.38. The third-order valence-corrected chi connectivity index (χ3v) is 6.96. The molecule has 2 atom stereocenters. The fraction of sp³-hybridized carbons (Fsp3) is 0.207. The standard InChI is InChI=1S/C29H26ClN3O5S/c1-35-15-16-37-24-11-10-20(17-21(24)30)33-27(26(32-29(33)39)22-5-3-4-14-31-22)25-13-12-23(38-25)18-6-8-19(9-7-18)28(34)36-2/h3-14,17,26-27H,15-16H2,1-2H3,(H,32,39)/t26-,27+/m1/s1. The van der Waals surface area contributed by atoms with E-state index < -0.39 is 5.97 Å². The van der Waals surface area contributed by atoms with E-state index in [1.807, 2.05) is 65.6 Å². The van der Waals surface area contributed by atoms with Gasteiger partial charge >= 0.3 is 5.97 Å². The van der Waals surface area contributed by atoms with E-state index in [1.165, 1.54) is 7.11 Å². The number of furan rings is 1. The summed E-state index contributed by atoms with van der Waals surface area (Å²) in [5.74, 6) is 1.50. The number of methoxy groups -OCH3 is 2. The number of esters is 1. The fourth-order valence-corrected chi connectivity index (χ4v) is 5.04. The van der Waals surface area contributed by atoms with Gasteiger partial charge in [0.25, 0.3) is 0 Å². The predicted molar refractivity (Wildman–Crippen MR) is 152 cm³/mol. The minimum Gasteiger partial charge on any atom is -0.490 e. The third-order valence-electron chi connectivity index (χ3n) is 6.35. The molecule has 2 aromatic carbocycles. The van der Waals surface area contributed by atoms with E-state index in [9.17, 15) is 4.79 Å². The maximum absolute atomic E-state index is 11.8. The van der Waals surface area contributed by atoms with Crippen LogP contribution in [0.4, 0.5) is 5.69 Å². The second-order valence-corrected chi connectivity index (χ2v) is 9.52. The van der Waals surface area contributed by atoms with Crippen LogP contribution in [0, 0.1) is 0 Å². The molecule has 2 aromatic heterocycles. The molecule has 0 aliphatic carbocycles. The Kier molecular flexibility index (Phi) is 8.11. The highest BCUT2D eigenvalue weighted by Gasteiger charge is 2.42. The molecular weight excluding hydrogens is 538 g/mol. The Hall–Kier alpha value is -3.92. The number of anilines is 1. The van der Waals surface area contributed by atoms with E-state index in [4.69, 9.17) is 42.4 Å². The molecule has 10 heteroatoms. The van der Waals surface area contributed by atoms with E-state index in [1.54, 1.807) is 25.4 Å². The predicted octanol–water partition coefficient (Wildman–Crippen LogP) is 5.98. The summed E-state index contributed by atoms with van der Waals surface area (Å²) in [5.41, 5.74) is 2.88. The van der Waals surface area contributed by atoms with Crippen LogP contribution in [0.1, 0.15) is 33.9 Å². The highest BCUT2D eigenvalue weighted by Crippen LogP contribution is 2.44. The van der Waals surface area contributed by atoms with Gasteiger partial charge in [0.05, 0.1) is 36.0 Å². The van der Waals surface area contributed by atoms with Gasteiger partial charge in [0.15, 0.2) is 5.11 Å². The zero-order chi connectivity index (χ0) is 27.4. The van der Waals surface area contributed by atoms with Crippen LogP contribution in [0.5, 0.6) is 5.75 Å². The summed E-state index contributed by atoms with van der Waals surface area (Å²) in [7, 11) is 2.97. The van der Waals surface area contributed by atoms with Gasteiger partial charge < -0.3 is 28.8 Å². The Morgan fingerprint density at radius 2 is 1.90 bits per heavy atom. The summed E-state index contributed by atoms with van der Waals surface area (Å²) < 4.78 is 22.0. The lowest BCUT2D eigenvalue weighted by molar-refractivity contribution is 0.0600. The van der Waals surface area contributed by atoms with Crippen molar-refractivity contribution in [1.29, 1.82) is 0 Å². The molecule has 0 radical (unpaired) electrons. The van der Waals surface area contributed by atoms with E-state index in [2.05, 4.69) is 10.3 Å². The number of halogens is 1. The lowest BCUT2D eigenvalue weighted by Gasteiger charge is -2.26. The topological polar surface area (TPSA) is 86.1 Å². The van der Waals surface area contributed by atoms with Crippen LogP contribution in [0.3, 0.4) is 0 Å². The van der Waals surface area contributed by atoms with Gasteiger partial charge in [-0.3, -0.25) is 4.98 Å². The van der Waals surface area contributed by atoms with Crippen molar-refractivity contribution in [2.75, 3.05) is 32.3 Å². The van der Waals surface area contributed by atoms with Crippen LogP contribution >= 0.6 is 23.8 Å². The highest BCUT2D eigenvalue weighted by atomic mass is 35.5. The fourth-order valence-electron chi connectivity index (χ4n) is 4.47. The van der Waals surface area contributed by atoms with E-state index in [-0.39, 0.29) is 12.1 Å². The number of carbonyl (C=O) groups is 1. The van der Waals surface area contributed by atoms with Crippen molar-refractivity contribution in [1.82, 2.24) is 10.3 Å². The molecule has 1 fully saturated rings. The lowest BCUT2D eigenvalue weighted by atomic mass is 10.0. The van der Waals surface area contributed by atoms with Crippen LogP contribution in [-0.4, -0.2) is 43.5 Å². The van der Waals surface area contributed by atoms with Gasteiger partial charge in [-0.25, -0.2) is 4.79 Å². The van der Waals surface area contributed by atoms with Gasteiger partial charge in [-0.05, 0) is 66.8 Å². The molecule has 0 unspecified atom stereocenters. The zero-order valence-corrected chi connectivity index (χ0v) is 22.9. The third kappa shape index (κ3) is 5.61. The van der Waals surface area contributed by atoms with Crippen molar-refractivity contribution in [3.63, 3.8) is 0 Å². The first kappa shape index (κ1) is 26.7. The van der Waals surface area contributed by atoms with Crippen molar-refractivity contribution < 1.29 is 23.4 Å². The van der Waals surface area contributed by atoms with E-state index >= 15 is 0 Å². The zero-order valence-electron chi connectivity index (χ0n) is 21.3. The summed E-state index contributed by atoms with van der Waals surface area (Å²) in [6.07, 6.45) is 1.75.